The molecule has 2 heterocycles. The normalized spacial score (nSPS) is 19.3. The average Bonchev–Trinajstić information content (AvgIpc) is 3.39. The van der Waals surface area contributed by atoms with Crippen molar-refractivity contribution < 1.29 is 75.9 Å². The van der Waals surface area contributed by atoms with Crippen LogP contribution in [0.25, 0.3) is 0 Å². The van der Waals surface area contributed by atoms with Crippen LogP contribution in [-0.2, 0) is 54.4 Å². The molecule has 376 valence electrons. The molecule has 0 radical (unpaired) electrons. The topological polar surface area (TPSA) is 145 Å². The maximum atomic E-state index is 13.3. The van der Waals surface area contributed by atoms with Crippen molar-refractivity contribution in [2.45, 2.75) is 69.9 Å². The predicted octanol–water partition coefficient (Wildman–Crippen LogP) is 7.93. The number of unbranched alkanes of at least 4 members (excludes halogenated alkanes) is 2. The highest BCUT2D eigenvalue weighted by atomic mass is 16.7. The number of quaternary nitrogens is 2. The molecule has 0 spiro atoms. The molecule has 2 aliphatic heterocycles. The van der Waals surface area contributed by atoms with Crippen molar-refractivity contribution in [2.75, 3.05) is 110 Å². The zero-order chi connectivity index (χ0) is 49.6. The molecule has 16 heteroatoms. The molecule has 4 aromatic rings. The van der Waals surface area contributed by atoms with Crippen molar-refractivity contribution in [1.82, 2.24) is 0 Å². The molecule has 0 fully saturated rings. The molecule has 69 heavy (non-hydrogen) atoms. The number of hydroxylamine groups is 6. The van der Waals surface area contributed by atoms with Crippen LogP contribution in [0.3, 0.4) is 0 Å². The van der Waals surface area contributed by atoms with E-state index in [-0.39, 0.29) is 59.4 Å². The molecule has 0 N–H and O–H groups in total. The van der Waals surface area contributed by atoms with Crippen molar-refractivity contribution in [3.05, 3.63) is 94.0 Å². The van der Waals surface area contributed by atoms with Crippen LogP contribution in [0.5, 0.6) is 46.0 Å². The van der Waals surface area contributed by atoms with Crippen molar-refractivity contribution in [2.24, 2.45) is 0 Å². The molecular formula is C53H72N2O14+2. The van der Waals surface area contributed by atoms with Gasteiger partial charge in [-0.1, -0.05) is 12.1 Å². The number of hydrogen-bond acceptors (Lipinski definition) is 14. The number of ether oxygens (including phenoxy) is 10. The third-order valence-electron chi connectivity index (χ3n) is 13.8. The zero-order valence-electron chi connectivity index (χ0n) is 42.1. The third kappa shape index (κ3) is 12.1. The van der Waals surface area contributed by atoms with Gasteiger partial charge < -0.3 is 47.4 Å². The Balaban J connectivity index is 1.01. The molecule has 0 aliphatic carbocycles. The molecular weight excluding hydrogens is 889 g/mol. The smallest absolute Gasteiger partial charge is 0.311 e. The summed E-state index contributed by atoms with van der Waals surface area (Å²) in [5, 5.41) is 0. The minimum atomic E-state index is -0.295. The lowest BCUT2D eigenvalue weighted by Gasteiger charge is -2.45. The summed E-state index contributed by atoms with van der Waals surface area (Å²) >= 11 is 0. The fourth-order valence-electron chi connectivity index (χ4n) is 9.99. The van der Waals surface area contributed by atoms with E-state index in [2.05, 4.69) is 0 Å². The first-order chi connectivity index (χ1) is 33.5. The summed E-state index contributed by atoms with van der Waals surface area (Å²) in [7, 11) is 16.4. The molecule has 4 atom stereocenters. The number of esters is 2. The van der Waals surface area contributed by atoms with Crippen molar-refractivity contribution in [1.29, 1.82) is 0 Å². The van der Waals surface area contributed by atoms with Gasteiger partial charge in [0.25, 0.3) is 0 Å². The van der Waals surface area contributed by atoms with Gasteiger partial charge in [-0.15, -0.1) is 0 Å². The van der Waals surface area contributed by atoms with Crippen LogP contribution < -0.4 is 37.9 Å². The number of carbonyl (C=O) groups excluding carboxylic acids is 2. The molecule has 6 rings (SSSR count). The molecule has 0 aromatic heterocycles. The Morgan fingerprint density at radius 3 is 1.14 bits per heavy atom. The maximum Gasteiger partial charge on any atom is 0.311 e. The zero-order valence-corrected chi connectivity index (χ0v) is 42.1. The number of nitrogens with zero attached hydrogens (tertiary/aromatic N) is 2. The Labute approximate surface area is 407 Å². The van der Waals surface area contributed by atoms with E-state index in [1.54, 1.807) is 71.1 Å². The Hall–Kier alpha value is -5.94. The van der Waals surface area contributed by atoms with Crippen LogP contribution in [0, 0.1) is 0 Å². The van der Waals surface area contributed by atoms with E-state index in [0.29, 0.717) is 97.9 Å². The standard InChI is InChI=1S/C53H72N2O14/c1-58-44-16-14-36(30-46(44)60-3)28-42-40-34-50(64-7)48(62-5)32-38(40)18-22-54(42,66-9)24-20-52(56)68-26-12-11-13-27-69-53(57)21-25-55(67-10)23-19-39-33-49(63-6)51(65-8)35-41(39)43(55)29-37-15-17-45(59-2)47(31-37)61-4/h14-17,30-35,42-43H,11-13,18-29H2,1-10H3/q+2/t42-,43-,54+,55?/m1/s1. The van der Waals surface area contributed by atoms with Crippen molar-refractivity contribution >= 4 is 11.9 Å². The molecule has 4 aromatic carbocycles. The Kier molecular flexibility index (Phi) is 18.7. The summed E-state index contributed by atoms with van der Waals surface area (Å²) < 4.78 is 56.9. The lowest BCUT2D eigenvalue weighted by Crippen LogP contribution is -2.55. The van der Waals surface area contributed by atoms with Crippen LogP contribution in [-0.4, -0.2) is 132 Å². The van der Waals surface area contributed by atoms with Crippen LogP contribution in [0.15, 0.2) is 60.7 Å². The van der Waals surface area contributed by atoms with Gasteiger partial charge in [0.15, 0.2) is 46.0 Å². The quantitative estimate of drug-likeness (QED) is 0.0341. The predicted molar refractivity (Wildman–Crippen MR) is 257 cm³/mol. The summed E-state index contributed by atoms with van der Waals surface area (Å²) in [4.78, 5) is 39.3. The average molecular weight is 961 g/mol. The largest absolute Gasteiger partial charge is 0.493 e. The highest BCUT2D eigenvalue weighted by Gasteiger charge is 2.47. The number of carbonyl (C=O) groups is 2. The molecule has 16 nitrogen and oxygen atoms in total. The first-order valence-corrected chi connectivity index (χ1v) is 23.6. The molecule has 0 saturated heterocycles. The Morgan fingerprint density at radius 2 is 0.797 bits per heavy atom. The van der Waals surface area contributed by atoms with Gasteiger partial charge in [-0.2, -0.15) is 9.29 Å². The van der Waals surface area contributed by atoms with E-state index in [4.69, 9.17) is 57.0 Å². The van der Waals surface area contributed by atoms with Gasteiger partial charge in [0.2, 0.25) is 0 Å². The van der Waals surface area contributed by atoms with Gasteiger partial charge in [-0.25, -0.2) is 9.68 Å². The second-order valence-electron chi connectivity index (χ2n) is 17.3. The molecule has 0 amide bonds. The van der Waals surface area contributed by atoms with Crippen LogP contribution >= 0.6 is 0 Å². The Morgan fingerprint density at radius 1 is 0.449 bits per heavy atom. The number of methoxy groups -OCH3 is 8. The maximum absolute atomic E-state index is 13.3. The summed E-state index contributed by atoms with van der Waals surface area (Å²) in [6, 6.07) is 19.6. The van der Waals surface area contributed by atoms with Gasteiger partial charge in [-0.05, 0) is 90.0 Å². The second kappa shape index (κ2) is 24.6. The fourth-order valence-corrected chi connectivity index (χ4v) is 9.99. The van der Waals surface area contributed by atoms with Gasteiger partial charge >= 0.3 is 11.9 Å². The minimum Gasteiger partial charge on any atom is -0.493 e. The van der Waals surface area contributed by atoms with Crippen LogP contribution in [0.1, 0.15) is 77.6 Å². The minimum absolute atomic E-state index is 0.167. The molecule has 2 aliphatic rings. The highest BCUT2D eigenvalue weighted by Crippen LogP contribution is 2.46. The fraction of sp³-hybridized carbons (Fsp3) is 0.509. The molecule has 1 unspecified atom stereocenters. The third-order valence-corrected chi connectivity index (χ3v) is 13.8. The van der Waals surface area contributed by atoms with Crippen molar-refractivity contribution in [3.63, 3.8) is 0 Å². The van der Waals surface area contributed by atoms with E-state index in [9.17, 15) is 9.59 Å². The van der Waals surface area contributed by atoms with Crippen LogP contribution in [0.2, 0.25) is 0 Å². The van der Waals surface area contributed by atoms with Crippen LogP contribution in [0.4, 0.5) is 0 Å². The van der Waals surface area contributed by atoms with Gasteiger partial charge in [0.1, 0.15) is 38.3 Å². The SMILES string of the molecule is COc1ccc(C[C@@H]2c3cc(OC)c(OC)cc3CC[N+]2(CCC(=O)OCCCCCOC(=O)CC[N@@+]2(OC)CCc3cc(OC)c(OC)cc3[C@H]2Cc2ccc(OC)c(OC)c2)OC)cc1OC. The van der Waals surface area contributed by atoms with Gasteiger partial charge in [0.05, 0.1) is 97.2 Å². The summed E-state index contributed by atoms with van der Waals surface area (Å²) in [6.45, 7) is 2.64. The first-order valence-electron chi connectivity index (χ1n) is 23.6. The van der Waals surface area contributed by atoms with E-state index >= 15 is 0 Å². The second-order valence-corrected chi connectivity index (χ2v) is 17.3. The number of rotatable bonds is 26. The molecule has 0 bridgehead atoms. The lowest BCUT2D eigenvalue weighted by molar-refractivity contribution is -1.12. The van der Waals surface area contributed by atoms with E-state index in [1.165, 1.54) is 0 Å². The van der Waals surface area contributed by atoms with Gasteiger partial charge in [0, 0.05) is 36.8 Å². The molecule has 0 saturated carbocycles. The van der Waals surface area contributed by atoms with E-state index in [0.717, 1.165) is 52.6 Å². The summed E-state index contributed by atoms with van der Waals surface area (Å²) in [5.41, 5.74) is 6.48. The first kappa shape index (κ1) is 52.4. The Bertz CT molecular complexity index is 2200. The number of hydrogen-bond donors (Lipinski definition) is 0. The summed E-state index contributed by atoms with van der Waals surface area (Å²) in [6.07, 6.45) is 4.98. The highest BCUT2D eigenvalue weighted by molar-refractivity contribution is 5.69. The van der Waals surface area contributed by atoms with E-state index in [1.807, 2.05) is 60.7 Å². The summed E-state index contributed by atoms with van der Waals surface area (Å²) in [5.74, 6) is 4.57. The van der Waals surface area contributed by atoms with Crippen molar-refractivity contribution in [3.8, 4) is 46.0 Å². The monoisotopic (exact) mass is 960 g/mol. The number of benzene rings is 4. The lowest BCUT2D eigenvalue weighted by atomic mass is 9.87. The van der Waals surface area contributed by atoms with Gasteiger partial charge in [-0.3, -0.25) is 9.59 Å². The number of fused-ring (bicyclic) bond motifs is 2. The van der Waals surface area contributed by atoms with E-state index < -0.39 is 0 Å².